The monoisotopic (exact) mass is 409 g/mol. The van der Waals surface area contributed by atoms with Gasteiger partial charge in [-0.1, -0.05) is 30.3 Å². The van der Waals surface area contributed by atoms with Gasteiger partial charge >= 0.3 is 7.05 Å². The molecule has 0 unspecified atom stereocenters. The molecule has 8 heteroatoms. The van der Waals surface area contributed by atoms with E-state index in [0.29, 0.717) is 30.8 Å². The number of hydrogen-bond acceptors (Lipinski definition) is 6. The molecule has 0 spiro atoms. The molecule has 1 atom stereocenters. The summed E-state index contributed by atoms with van der Waals surface area (Å²) in [7, 11) is -0.819. The lowest BCUT2D eigenvalue weighted by atomic mass is 9.72. The molecule has 0 amide bonds. The van der Waals surface area contributed by atoms with Crippen LogP contribution in [0.2, 0.25) is 0 Å². The summed E-state index contributed by atoms with van der Waals surface area (Å²) in [6.45, 7) is 1.25. The minimum atomic E-state index is -0.819. The van der Waals surface area contributed by atoms with Gasteiger partial charge in [0.05, 0.1) is 12.5 Å². The summed E-state index contributed by atoms with van der Waals surface area (Å²) >= 11 is 0. The van der Waals surface area contributed by atoms with Crippen LogP contribution in [0.15, 0.2) is 54.9 Å². The number of aromatic nitrogens is 1. The molecular formula is C21H24BN3O3S. The Labute approximate surface area is 177 Å². The maximum Gasteiger partial charge on any atom is 0.417 e. The topological polar surface area (TPSA) is 97.5 Å². The van der Waals surface area contributed by atoms with Crippen LogP contribution in [0.4, 0.5) is 0 Å². The molecule has 0 bridgehead atoms. The first-order chi connectivity index (χ1) is 13.7. The summed E-state index contributed by atoms with van der Waals surface area (Å²) in [6.07, 6.45) is 3.85. The second kappa shape index (κ2) is 9.41. The molecule has 0 saturated carbocycles. The van der Waals surface area contributed by atoms with Crippen LogP contribution in [0.3, 0.4) is 0 Å². The van der Waals surface area contributed by atoms with Crippen LogP contribution >= 0.6 is 13.5 Å². The van der Waals surface area contributed by atoms with Gasteiger partial charge in [-0.2, -0.15) is 13.5 Å². The third-order valence-corrected chi connectivity index (χ3v) is 5.14. The van der Waals surface area contributed by atoms with E-state index in [1.807, 2.05) is 36.4 Å². The summed E-state index contributed by atoms with van der Waals surface area (Å²) in [6, 6.07) is 13.4. The number of hydrogen-bond donors (Lipinski definition) is 3. The molecule has 0 saturated heterocycles. The van der Waals surface area contributed by atoms with Crippen LogP contribution in [0, 0.1) is 0 Å². The molecule has 3 aromatic rings. The van der Waals surface area contributed by atoms with Crippen molar-refractivity contribution >= 4 is 42.6 Å². The number of carbonyl (C=O) groups excluding carboxylic acids is 1. The summed E-state index contributed by atoms with van der Waals surface area (Å²) < 4.78 is 5.64. The van der Waals surface area contributed by atoms with E-state index in [1.54, 1.807) is 18.5 Å². The lowest BCUT2D eigenvalue weighted by Crippen LogP contribution is -2.44. The lowest BCUT2D eigenvalue weighted by molar-refractivity contribution is -0.119. The Balaban J connectivity index is 0.00000240. The predicted octanol–water partition coefficient (Wildman–Crippen LogP) is 0.871. The molecule has 6 nitrogen and oxygen atoms in total. The van der Waals surface area contributed by atoms with Crippen molar-refractivity contribution in [1.82, 2.24) is 10.2 Å². The third-order valence-electron chi connectivity index (χ3n) is 5.14. The summed E-state index contributed by atoms with van der Waals surface area (Å²) in [5, 5.41) is 15.4. The van der Waals surface area contributed by atoms with E-state index < -0.39 is 13.0 Å². The average molecular weight is 409 g/mol. The van der Waals surface area contributed by atoms with E-state index >= 15 is 0 Å². The maximum absolute atomic E-state index is 13.0. The van der Waals surface area contributed by atoms with Crippen LogP contribution < -0.4 is 21.2 Å². The summed E-state index contributed by atoms with van der Waals surface area (Å²) in [5.41, 5.74) is 8.33. The Hall–Kier alpha value is -2.39. The molecule has 150 valence electrons. The molecule has 4 rings (SSSR count). The number of nitrogens with zero attached hydrogens (tertiary/aromatic N) is 1. The van der Waals surface area contributed by atoms with E-state index in [2.05, 4.69) is 10.2 Å². The molecule has 2 heterocycles. The number of nitrogens with two attached hydrogens (primary N) is 1. The zero-order chi connectivity index (χ0) is 19.5. The minimum absolute atomic E-state index is 0. The van der Waals surface area contributed by atoms with Gasteiger partial charge in [-0.25, -0.2) is 0 Å². The standard InChI is InChI=1S/C21H22BN3O3.H2S/c23-12-18(16-3-4-21-19(11-16)22(27)25-7-8-28-21)20(26)10-14-1-2-17-13-24-6-5-15(17)9-14;/h1-6,9,11,13,18,25,27H,7-8,10,12,23H2;1H2/t18-;/m1./s1. The SMILES string of the molecule is NC[C@@H](C(=O)Cc1ccc2cnccc2c1)c1ccc2c(c1)B(O)NCCO2.S. The van der Waals surface area contributed by atoms with Gasteiger partial charge in [0.25, 0.3) is 0 Å². The van der Waals surface area contributed by atoms with Gasteiger partial charge in [-0.05, 0) is 28.6 Å². The van der Waals surface area contributed by atoms with Crippen LogP contribution in [0.5, 0.6) is 5.75 Å². The van der Waals surface area contributed by atoms with Crippen LogP contribution in [-0.2, 0) is 11.2 Å². The number of benzene rings is 2. The Morgan fingerprint density at radius 1 is 1.24 bits per heavy atom. The van der Waals surface area contributed by atoms with Gasteiger partial charge in [0, 0.05) is 42.8 Å². The van der Waals surface area contributed by atoms with Gasteiger partial charge in [0.1, 0.15) is 11.5 Å². The number of pyridine rings is 1. The lowest BCUT2D eigenvalue weighted by Gasteiger charge is -2.17. The highest BCUT2D eigenvalue weighted by Gasteiger charge is 2.26. The minimum Gasteiger partial charge on any atom is -0.493 e. The number of ether oxygens (including phenoxy) is 1. The molecule has 0 aliphatic carbocycles. The molecule has 29 heavy (non-hydrogen) atoms. The van der Waals surface area contributed by atoms with E-state index in [0.717, 1.165) is 21.9 Å². The van der Waals surface area contributed by atoms with Crippen molar-refractivity contribution in [1.29, 1.82) is 0 Å². The van der Waals surface area contributed by atoms with Gasteiger partial charge in [-0.15, -0.1) is 0 Å². The first kappa shape index (κ1) is 21.3. The van der Waals surface area contributed by atoms with Crippen LogP contribution in [0.1, 0.15) is 17.0 Å². The summed E-state index contributed by atoms with van der Waals surface area (Å²) in [5.74, 6) is 0.245. The van der Waals surface area contributed by atoms with Crippen molar-refractivity contribution in [3.05, 3.63) is 66.0 Å². The Kier molecular flexibility index (Phi) is 6.92. The fourth-order valence-corrected chi connectivity index (χ4v) is 3.62. The van der Waals surface area contributed by atoms with E-state index in [1.165, 1.54) is 0 Å². The maximum atomic E-state index is 13.0. The second-order valence-electron chi connectivity index (χ2n) is 6.99. The number of carbonyl (C=O) groups is 1. The first-order valence-corrected chi connectivity index (χ1v) is 9.39. The molecule has 1 aromatic heterocycles. The number of ketones is 1. The molecule has 4 N–H and O–H groups in total. The molecule has 1 aliphatic rings. The normalized spacial score (nSPS) is 14.3. The fourth-order valence-electron chi connectivity index (χ4n) is 3.62. The number of fused-ring (bicyclic) bond motifs is 2. The quantitative estimate of drug-likeness (QED) is 0.541. The zero-order valence-corrected chi connectivity index (χ0v) is 17.0. The van der Waals surface area contributed by atoms with Crippen molar-refractivity contribution < 1.29 is 14.6 Å². The summed E-state index contributed by atoms with van der Waals surface area (Å²) in [4.78, 5) is 17.1. The highest BCUT2D eigenvalue weighted by molar-refractivity contribution is 7.59. The first-order valence-electron chi connectivity index (χ1n) is 9.39. The molecule has 1 aliphatic heterocycles. The molecule has 0 fully saturated rings. The molecule has 2 aromatic carbocycles. The Bertz CT molecular complexity index is 1020. The van der Waals surface area contributed by atoms with Crippen molar-refractivity contribution in [3.8, 4) is 5.75 Å². The van der Waals surface area contributed by atoms with Gasteiger partial charge in [0.2, 0.25) is 0 Å². The fraction of sp³-hybridized carbons (Fsp3) is 0.238. The van der Waals surface area contributed by atoms with Crippen molar-refractivity contribution in [2.24, 2.45) is 5.73 Å². The Morgan fingerprint density at radius 3 is 2.93 bits per heavy atom. The number of Topliss-reactive ketones (excluding diaryl/α,β-unsaturated/α-hetero) is 1. The molecule has 0 radical (unpaired) electrons. The van der Waals surface area contributed by atoms with Crippen LogP contribution in [-0.4, -0.2) is 42.5 Å². The third kappa shape index (κ3) is 4.62. The van der Waals surface area contributed by atoms with Gasteiger partial charge in [-0.3, -0.25) is 9.78 Å². The smallest absolute Gasteiger partial charge is 0.417 e. The van der Waals surface area contributed by atoms with Crippen LogP contribution in [0.25, 0.3) is 10.8 Å². The van der Waals surface area contributed by atoms with Crippen molar-refractivity contribution in [2.45, 2.75) is 12.3 Å². The number of nitrogens with one attached hydrogen (secondary N) is 1. The zero-order valence-electron chi connectivity index (χ0n) is 16.0. The number of rotatable bonds is 5. The highest BCUT2D eigenvalue weighted by Crippen LogP contribution is 2.22. The second-order valence-corrected chi connectivity index (χ2v) is 6.99. The van der Waals surface area contributed by atoms with E-state index in [-0.39, 0.29) is 25.8 Å². The van der Waals surface area contributed by atoms with E-state index in [4.69, 9.17) is 10.5 Å². The average Bonchev–Trinajstić information content (AvgIpc) is 2.90. The Morgan fingerprint density at radius 2 is 2.10 bits per heavy atom. The van der Waals surface area contributed by atoms with Gasteiger partial charge in [0.15, 0.2) is 0 Å². The largest absolute Gasteiger partial charge is 0.493 e. The van der Waals surface area contributed by atoms with Crippen molar-refractivity contribution in [3.63, 3.8) is 0 Å². The van der Waals surface area contributed by atoms with E-state index in [9.17, 15) is 9.82 Å². The predicted molar refractivity (Wildman–Crippen MR) is 120 cm³/mol. The highest BCUT2D eigenvalue weighted by atomic mass is 32.1. The van der Waals surface area contributed by atoms with Crippen molar-refractivity contribution in [2.75, 3.05) is 19.7 Å². The van der Waals surface area contributed by atoms with Gasteiger partial charge < -0.3 is 20.7 Å². The molecular weight excluding hydrogens is 385 g/mol.